The minimum atomic E-state index is -2.72. The second-order valence-electron chi connectivity index (χ2n) is 3.83. The van der Waals surface area contributed by atoms with E-state index >= 15 is 0 Å². The van der Waals surface area contributed by atoms with Crippen molar-refractivity contribution in [2.75, 3.05) is 27.1 Å². The van der Waals surface area contributed by atoms with Crippen molar-refractivity contribution in [1.29, 1.82) is 0 Å². The van der Waals surface area contributed by atoms with Crippen molar-refractivity contribution in [1.82, 2.24) is 14.7 Å². The zero-order chi connectivity index (χ0) is 21.4. The lowest BCUT2D eigenvalue weighted by Crippen LogP contribution is -2.20. The van der Waals surface area contributed by atoms with Crippen LogP contribution in [0, 0.1) is 0 Å². The molecule has 1 unspecified atom stereocenters. The van der Waals surface area contributed by atoms with Gasteiger partial charge in [0.25, 0.3) is 0 Å². The van der Waals surface area contributed by atoms with Crippen LogP contribution in [0.15, 0.2) is 42.6 Å². The van der Waals surface area contributed by atoms with Gasteiger partial charge in [-0.15, -0.1) is 0 Å². The van der Waals surface area contributed by atoms with Gasteiger partial charge in [0.1, 0.15) is 6.08 Å². The molecule has 19 heavy (non-hydrogen) atoms. The molecule has 0 saturated carbocycles. The Hall–Kier alpha value is -1.65. The quantitative estimate of drug-likeness (QED) is 0.803. The molecule has 0 radical (unpaired) electrons. The van der Waals surface area contributed by atoms with Crippen LogP contribution < -0.4 is 0 Å². The fourth-order valence-corrected chi connectivity index (χ4v) is 1.57. The van der Waals surface area contributed by atoms with Gasteiger partial charge in [0.15, 0.2) is 0 Å². The first kappa shape index (κ1) is 6.20. The van der Waals surface area contributed by atoms with E-state index in [1.165, 1.54) is 24.4 Å². The van der Waals surface area contributed by atoms with E-state index in [2.05, 4.69) is 5.10 Å². The number of aryl methyl sites for hydroxylation is 1. The van der Waals surface area contributed by atoms with Crippen molar-refractivity contribution >= 4 is 0 Å². The van der Waals surface area contributed by atoms with Gasteiger partial charge in [0, 0.05) is 30.6 Å². The zero-order valence-corrected chi connectivity index (χ0v) is 10.5. The molecule has 2 rings (SSSR count). The summed E-state index contributed by atoms with van der Waals surface area (Å²) in [6.07, 6.45) is -0.921. The van der Waals surface area contributed by atoms with E-state index in [4.69, 9.17) is 17.1 Å². The average molecular weight is 268 g/mol. The van der Waals surface area contributed by atoms with Gasteiger partial charge in [-0.3, -0.25) is 4.68 Å². The van der Waals surface area contributed by atoms with Crippen LogP contribution in [0.5, 0.6) is 0 Å². The van der Waals surface area contributed by atoms with Gasteiger partial charge in [-0.2, -0.15) is 5.10 Å². The summed E-state index contributed by atoms with van der Waals surface area (Å²) >= 11 is 0. The Labute approximate surface area is 127 Å². The van der Waals surface area contributed by atoms with Crippen LogP contribution in [-0.2, 0) is 11.7 Å². The fraction of sp³-hybridized carbons (Fsp3) is 0.400. The molecule has 0 bridgehead atoms. The van der Waals surface area contributed by atoms with Crippen LogP contribution in [0.1, 0.15) is 29.7 Å². The van der Waals surface area contributed by atoms with E-state index in [0.29, 0.717) is 9.58 Å². The number of benzene rings is 1. The topological polar surface area (TPSA) is 30.3 Å². The van der Waals surface area contributed by atoms with E-state index in [1.807, 2.05) is 0 Å². The van der Waals surface area contributed by atoms with Crippen LogP contribution >= 0.6 is 0 Å². The Morgan fingerprint density at radius 3 is 3.05 bits per heavy atom. The standard InChI is InChI=1S/C15H21N3O/c1-17(2)11-12-19-15(13-7-5-4-6-8-13)14-9-10-16-18(14)3/h4-10,15H,11-12H2,1-3H3/i1D3,3D3,11D2,15D. The molecule has 1 atom stereocenters. The summed E-state index contributed by atoms with van der Waals surface area (Å²) in [4.78, 5) is 0.520. The Balaban J connectivity index is 2.47. The summed E-state index contributed by atoms with van der Waals surface area (Å²) < 4.78 is 76.1. The highest BCUT2D eigenvalue weighted by Gasteiger charge is 2.17. The number of ether oxygens (including phenoxy) is 1. The molecule has 1 heterocycles. The molecule has 1 aromatic carbocycles. The fourth-order valence-electron chi connectivity index (χ4n) is 1.57. The molecule has 0 spiro atoms. The normalized spacial score (nSPS) is 23.6. The van der Waals surface area contributed by atoms with Crippen LogP contribution in [0.4, 0.5) is 0 Å². The lowest BCUT2D eigenvalue weighted by molar-refractivity contribution is 0.0638. The summed E-state index contributed by atoms with van der Waals surface area (Å²) in [5.41, 5.74) is 0.111. The predicted octanol–water partition coefficient (Wildman–Crippen LogP) is 2.09. The Kier molecular flexibility index (Phi) is 2.12. The van der Waals surface area contributed by atoms with Crippen molar-refractivity contribution in [2.24, 2.45) is 6.98 Å². The van der Waals surface area contributed by atoms with Crippen molar-refractivity contribution in [3.63, 3.8) is 0 Å². The van der Waals surface area contributed by atoms with E-state index in [9.17, 15) is 0 Å². The van der Waals surface area contributed by atoms with Gasteiger partial charge in [-0.05, 0) is 25.7 Å². The number of aromatic nitrogens is 2. The highest BCUT2D eigenvalue weighted by atomic mass is 16.5. The Morgan fingerprint density at radius 2 is 2.32 bits per heavy atom. The second-order valence-corrected chi connectivity index (χ2v) is 3.83. The van der Waals surface area contributed by atoms with Gasteiger partial charge in [0.2, 0.25) is 0 Å². The molecule has 0 amide bonds. The second kappa shape index (κ2) is 6.50. The van der Waals surface area contributed by atoms with Gasteiger partial charge in [-0.1, -0.05) is 30.3 Å². The molecule has 102 valence electrons. The molecule has 0 N–H and O–H groups in total. The minimum Gasteiger partial charge on any atom is -0.366 e. The molecule has 1 aromatic heterocycles. The molecule has 4 heteroatoms. The molecule has 0 fully saturated rings. The maximum Gasteiger partial charge on any atom is 0.124 e. The van der Waals surface area contributed by atoms with Crippen LogP contribution in [0.25, 0.3) is 0 Å². The predicted molar refractivity (Wildman–Crippen MR) is 76.0 cm³/mol. The minimum absolute atomic E-state index is 0.133. The molecular weight excluding hydrogens is 238 g/mol. The molecular formula is C15H21N3O. The maximum atomic E-state index is 8.86. The smallest absolute Gasteiger partial charge is 0.124 e. The first-order valence-corrected chi connectivity index (χ1v) is 5.68. The summed E-state index contributed by atoms with van der Waals surface area (Å²) in [6.45, 7) is -8.65. The highest BCUT2D eigenvalue weighted by Crippen LogP contribution is 2.25. The monoisotopic (exact) mass is 268 g/mol. The van der Waals surface area contributed by atoms with Crippen molar-refractivity contribution in [3.05, 3.63) is 53.9 Å². The van der Waals surface area contributed by atoms with Crippen molar-refractivity contribution in [3.8, 4) is 0 Å². The third kappa shape index (κ3) is 3.66. The lowest BCUT2D eigenvalue weighted by Gasteiger charge is -2.20. The number of nitrogens with zero attached hydrogens (tertiary/aromatic N) is 3. The molecule has 0 aliphatic rings. The summed E-state index contributed by atoms with van der Waals surface area (Å²) in [6, 6.07) is 9.32. The maximum absolute atomic E-state index is 8.86. The lowest BCUT2D eigenvalue weighted by atomic mass is 10.1. The number of hydrogen-bond donors (Lipinski definition) is 0. The van der Waals surface area contributed by atoms with Gasteiger partial charge >= 0.3 is 0 Å². The van der Waals surface area contributed by atoms with Crippen LogP contribution in [0.3, 0.4) is 0 Å². The van der Waals surface area contributed by atoms with E-state index in [1.54, 1.807) is 18.2 Å². The molecule has 2 aromatic rings. The average Bonchev–Trinajstić information content (AvgIpc) is 3.10. The Morgan fingerprint density at radius 1 is 1.47 bits per heavy atom. The molecule has 4 nitrogen and oxygen atoms in total. The third-order valence-electron chi connectivity index (χ3n) is 2.43. The Bertz CT molecular complexity index is 788. The summed E-state index contributed by atoms with van der Waals surface area (Å²) in [5, 5.41) is 3.76. The zero-order valence-electron chi connectivity index (χ0n) is 19.5. The first-order chi connectivity index (χ1) is 12.7. The third-order valence-corrected chi connectivity index (χ3v) is 2.43. The number of likely N-dealkylation sites (N-methyl/N-ethyl adjacent to an activating group) is 1. The highest BCUT2D eigenvalue weighted by molar-refractivity contribution is 5.25. The van der Waals surface area contributed by atoms with E-state index < -0.39 is 33.1 Å². The largest absolute Gasteiger partial charge is 0.366 e. The van der Waals surface area contributed by atoms with Crippen LogP contribution in [0.2, 0.25) is 0 Å². The van der Waals surface area contributed by atoms with Crippen molar-refractivity contribution < 1.29 is 17.1 Å². The molecule has 0 aliphatic heterocycles. The molecule has 0 aliphatic carbocycles. The van der Waals surface area contributed by atoms with Gasteiger partial charge in [-0.25, -0.2) is 0 Å². The summed E-state index contributed by atoms with van der Waals surface area (Å²) in [7, 11) is 1.08. The van der Waals surface area contributed by atoms with E-state index in [-0.39, 0.29) is 11.3 Å². The number of rotatable bonds is 6. The van der Waals surface area contributed by atoms with Crippen LogP contribution in [-0.4, -0.2) is 41.8 Å². The molecule has 0 saturated heterocycles. The SMILES string of the molecule is [2H]C(OCC([2H])([2H])N(C)C([2H])([2H])[2H])(c1ccccc1)c1ccnn1C([2H])([2H])[2H]. The van der Waals surface area contributed by atoms with Gasteiger partial charge in [0.05, 0.1) is 13.7 Å². The van der Waals surface area contributed by atoms with Gasteiger partial charge < -0.3 is 9.64 Å². The van der Waals surface area contributed by atoms with E-state index in [0.717, 1.165) is 7.05 Å². The van der Waals surface area contributed by atoms with Crippen molar-refractivity contribution in [2.45, 2.75) is 6.08 Å². The summed E-state index contributed by atoms with van der Waals surface area (Å²) in [5.74, 6) is 0. The first-order valence-electron chi connectivity index (χ1n) is 10.2. The number of hydrogen-bond acceptors (Lipinski definition) is 3.